The van der Waals surface area contributed by atoms with E-state index in [1.165, 1.54) is 12.5 Å². The van der Waals surface area contributed by atoms with Crippen LogP contribution >= 0.6 is 0 Å². The van der Waals surface area contributed by atoms with Crippen LogP contribution in [0.4, 0.5) is 0 Å². The normalized spacial score (nSPS) is 43.6. The van der Waals surface area contributed by atoms with E-state index in [4.69, 9.17) is 4.74 Å². The van der Waals surface area contributed by atoms with Crippen LogP contribution in [0.1, 0.15) is 93.4 Å². The summed E-state index contributed by atoms with van der Waals surface area (Å²) in [4.78, 5) is 49.6. The lowest BCUT2D eigenvalue weighted by molar-refractivity contribution is -0.194. The second-order valence-electron chi connectivity index (χ2n) is 14.0. The summed E-state index contributed by atoms with van der Waals surface area (Å²) in [5.74, 6) is -2.43. The van der Waals surface area contributed by atoms with Gasteiger partial charge in [0.2, 0.25) is 0 Å². The number of aldehydes is 1. The van der Waals surface area contributed by atoms with E-state index in [0.29, 0.717) is 19.3 Å². The summed E-state index contributed by atoms with van der Waals surface area (Å²) in [6, 6.07) is 0. The minimum atomic E-state index is -1.20. The van der Waals surface area contributed by atoms with Crippen molar-refractivity contribution in [3.63, 3.8) is 0 Å². The van der Waals surface area contributed by atoms with Crippen LogP contribution in [0, 0.1) is 45.3 Å². The summed E-state index contributed by atoms with van der Waals surface area (Å²) in [6.07, 6.45) is 7.33. The van der Waals surface area contributed by atoms with Gasteiger partial charge in [-0.15, -0.1) is 0 Å². The Morgan fingerprint density at radius 1 is 1.10 bits per heavy atom. The molecule has 39 heavy (non-hydrogen) atoms. The monoisotopic (exact) mass is 542 g/mol. The maximum absolute atomic E-state index is 12.8. The predicted octanol–water partition coefficient (Wildman–Crippen LogP) is 5.30. The minimum Gasteiger partial charge on any atom is -0.481 e. The first-order valence-corrected chi connectivity index (χ1v) is 14.5. The van der Waals surface area contributed by atoms with Crippen LogP contribution in [-0.2, 0) is 23.9 Å². The summed E-state index contributed by atoms with van der Waals surface area (Å²) in [5.41, 5.74) is -0.0877. The van der Waals surface area contributed by atoms with Gasteiger partial charge in [0.1, 0.15) is 17.8 Å². The number of fused-ring (bicyclic) bond motifs is 5. The van der Waals surface area contributed by atoms with Crippen molar-refractivity contribution in [3.8, 4) is 0 Å². The van der Waals surface area contributed by atoms with Crippen molar-refractivity contribution in [2.24, 2.45) is 45.3 Å². The van der Waals surface area contributed by atoms with Gasteiger partial charge in [-0.1, -0.05) is 38.0 Å². The third-order valence-electron chi connectivity index (χ3n) is 11.8. The average Bonchev–Trinajstić information content (AvgIpc) is 3.03. The Kier molecular flexibility index (Phi) is 7.59. The number of rotatable bonds is 7. The van der Waals surface area contributed by atoms with Crippen molar-refractivity contribution in [3.05, 3.63) is 23.3 Å². The molecule has 4 rings (SSSR count). The number of aliphatic hydroxyl groups excluding tert-OH is 1. The topological polar surface area (TPSA) is 118 Å². The second kappa shape index (κ2) is 9.97. The number of ketones is 1. The van der Waals surface area contributed by atoms with Gasteiger partial charge in [0.05, 0.1) is 6.10 Å². The maximum Gasteiger partial charge on any atom is 0.313 e. The number of carbonyl (C=O) groups is 4. The highest BCUT2D eigenvalue weighted by molar-refractivity contribution is 5.91. The third-order valence-corrected chi connectivity index (χ3v) is 11.8. The van der Waals surface area contributed by atoms with E-state index in [0.717, 1.165) is 31.1 Å². The molecule has 0 spiro atoms. The van der Waals surface area contributed by atoms with Crippen LogP contribution < -0.4 is 0 Å². The first-order valence-electron chi connectivity index (χ1n) is 14.5. The van der Waals surface area contributed by atoms with Crippen LogP contribution in [0.3, 0.4) is 0 Å². The molecule has 4 aliphatic carbocycles. The number of carboxylic acid groups (broad SMARTS) is 1. The van der Waals surface area contributed by atoms with Gasteiger partial charge in [-0.25, -0.2) is 0 Å². The molecule has 0 heterocycles. The molecule has 0 aromatic rings. The van der Waals surface area contributed by atoms with Gasteiger partial charge >= 0.3 is 11.9 Å². The van der Waals surface area contributed by atoms with E-state index in [1.54, 1.807) is 13.0 Å². The van der Waals surface area contributed by atoms with Crippen LogP contribution in [0.2, 0.25) is 0 Å². The fourth-order valence-electron chi connectivity index (χ4n) is 9.80. The van der Waals surface area contributed by atoms with Crippen molar-refractivity contribution < 1.29 is 34.1 Å². The number of allylic oxidation sites excluding steroid dienone is 4. The summed E-state index contributed by atoms with van der Waals surface area (Å²) >= 11 is 0. The number of hydrogen-bond acceptors (Lipinski definition) is 6. The van der Waals surface area contributed by atoms with Crippen LogP contribution in [0.5, 0.6) is 0 Å². The van der Waals surface area contributed by atoms with Crippen LogP contribution in [0.15, 0.2) is 23.3 Å². The fraction of sp³-hybridized carbons (Fsp3) is 0.750. The Balaban J connectivity index is 1.72. The molecule has 0 saturated heterocycles. The van der Waals surface area contributed by atoms with Gasteiger partial charge in [0, 0.05) is 25.2 Å². The van der Waals surface area contributed by atoms with Gasteiger partial charge in [-0.2, -0.15) is 0 Å². The molecule has 3 fully saturated rings. The number of aliphatic hydroxyl groups is 1. The highest BCUT2D eigenvalue weighted by Crippen LogP contribution is 2.73. The maximum atomic E-state index is 12.8. The summed E-state index contributed by atoms with van der Waals surface area (Å²) in [5, 5.41) is 21.9. The van der Waals surface area contributed by atoms with E-state index in [-0.39, 0.29) is 46.2 Å². The van der Waals surface area contributed by atoms with Crippen molar-refractivity contribution in [1.82, 2.24) is 0 Å². The highest BCUT2D eigenvalue weighted by Gasteiger charge is 2.69. The molecule has 0 bridgehead atoms. The van der Waals surface area contributed by atoms with E-state index in [2.05, 4.69) is 26.8 Å². The molecule has 0 amide bonds. The van der Waals surface area contributed by atoms with E-state index in [1.807, 2.05) is 13.8 Å². The Labute approximate surface area is 232 Å². The molecule has 7 nitrogen and oxygen atoms in total. The fourth-order valence-corrected chi connectivity index (χ4v) is 9.80. The first-order chi connectivity index (χ1) is 18.1. The Morgan fingerprint density at radius 3 is 2.33 bits per heavy atom. The zero-order valence-electron chi connectivity index (χ0n) is 24.6. The van der Waals surface area contributed by atoms with E-state index < -0.39 is 35.5 Å². The largest absolute Gasteiger partial charge is 0.481 e. The Morgan fingerprint density at radius 2 is 1.77 bits per heavy atom. The number of hydrogen-bond donors (Lipinski definition) is 2. The lowest BCUT2D eigenvalue weighted by atomic mass is 9.40. The number of carboxylic acids is 1. The van der Waals surface area contributed by atoms with Crippen molar-refractivity contribution in [2.45, 2.75) is 106 Å². The van der Waals surface area contributed by atoms with Crippen molar-refractivity contribution in [2.75, 3.05) is 0 Å². The molecule has 7 heteroatoms. The molecule has 0 aromatic heterocycles. The molecule has 216 valence electrons. The number of ether oxygens (including phenoxy) is 1. The third kappa shape index (κ3) is 4.34. The molecule has 10 unspecified atom stereocenters. The Hall–Kier alpha value is -2.28. The summed E-state index contributed by atoms with van der Waals surface area (Å²) in [7, 11) is 0. The van der Waals surface area contributed by atoms with Gasteiger partial charge < -0.3 is 19.7 Å². The van der Waals surface area contributed by atoms with Gasteiger partial charge in [0.25, 0.3) is 0 Å². The number of carbonyl (C=O) groups excluding carboxylic acids is 3. The lowest BCUT2D eigenvalue weighted by Crippen LogP contribution is -2.61. The number of aliphatic carboxylic acids is 1. The molecule has 0 aliphatic heterocycles. The molecule has 3 saturated carbocycles. The zero-order valence-corrected chi connectivity index (χ0v) is 24.6. The molecule has 0 aromatic carbocycles. The van der Waals surface area contributed by atoms with Gasteiger partial charge in [-0.05, 0) is 93.5 Å². The Bertz CT molecular complexity index is 1120. The minimum absolute atomic E-state index is 0.0880. The molecular formula is C32H46O7. The van der Waals surface area contributed by atoms with Crippen LogP contribution in [-0.4, -0.2) is 46.4 Å². The highest BCUT2D eigenvalue weighted by atomic mass is 16.5. The molecular weight excluding hydrogens is 496 g/mol. The van der Waals surface area contributed by atoms with Gasteiger partial charge in [-0.3, -0.25) is 14.4 Å². The van der Waals surface area contributed by atoms with Crippen LogP contribution in [0.25, 0.3) is 0 Å². The summed E-state index contributed by atoms with van der Waals surface area (Å²) in [6.45, 7) is 13.4. The van der Waals surface area contributed by atoms with Crippen molar-refractivity contribution >= 4 is 24.0 Å². The zero-order chi connectivity index (χ0) is 29.1. The van der Waals surface area contributed by atoms with Crippen molar-refractivity contribution in [1.29, 1.82) is 0 Å². The lowest BCUT2D eigenvalue weighted by Gasteiger charge is -2.63. The molecule has 4 aliphatic rings. The van der Waals surface area contributed by atoms with Gasteiger partial charge in [0.15, 0.2) is 5.78 Å². The van der Waals surface area contributed by atoms with E-state index in [9.17, 15) is 29.4 Å². The second-order valence-corrected chi connectivity index (χ2v) is 14.0. The standard InChI is InChI=1S/C32H46O7/c1-18(2)14-21(35)15-20(17-33)27-24(36)16-31(6)23-8-9-25-29(4,22(23)10-13-30(27,31)5)12-11-26(39-19(3)34)32(25,7)28(37)38/h8,14,17,20,22,24-27,36H,9-13,15-16H2,1-7H3,(H,37,38). The quantitative estimate of drug-likeness (QED) is 0.194. The molecule has 2 N–H and O–H groups in total. The smallest absolute Gasteiger partial charge is 0.313 e. The number of esters is 1. The SMILES string of the molecule is CC(=O)OC1CCC2(C)C3CCC4(C)C(C(C=O)CC(=O)C=C(C)C)C(O)CC4(C)C3=CCC2C1(C)C(=O)O. The average molecular weight is 543 g/mol. The molecule has 0 radical (unpaired) electrons. The first kappa shape index (κ1) is 29.7. The molecule has 10 atom stereocenters. The van der Waals surface area contributed by atoms with E-state index >= 15 is 0 Å². The predicted molar refractivity (Wildman–Crippen MR) is 146 cm³/mol. The summed E-state index contributed by atoms with van der Waals surface area (Å²) < 4.78 is 5.59.